The van der Waals surface area contributed by atoms with Crippen molar-refractivity contribution < 1.29 is 18.3 Å². The lowest BCUT2D eigenvalue weighted by atomic mass is 9.93. The molecule has 36 heavy (non-hydrogen) atoms. The second kappa shape index (κ2) is 10.0. The van der Waals surface area contributed by atoms with Gasteiger partial charge in [0.25, 0.3) is 5.91 Å². The Morgan fingerprint density at radius 2 is 1.83 bits per heavy atom. The third-order valence-corrected chi connectivity index (χ3v) is 9.14. The quantitative estimate of drug-likeness (QED) is 0.457. The van der Waals surface area contributed by atoms with Gasteiger partial charge in [0, 0.05) is 18.8 Å². The van der Waals surface area contributed by atoms with Crippen molar-refractivity contribution in [1.29, 1.82) is 0 Å². The van der Waals surface area contributed by atoms with Gasteiger partial charge in [-0.15, -0.1) is 0 Å². The van der Waals surface area contributed by atoms with Crippen LogP contribution in [-0.4, -0.2) is 55.4 Å². The Morgan fingerprint density at radius 3 is 2.44 bits per heavy atom. The predicted octanol–water partition coefficient (Wildman–Crippen LogP) is 4.33. The predicted molar refractivity (Wildman–Crippen MR) is 143 cm³/mol. The van der Waals surface area contributed by atoms with E-state index in [-0.39, 0.29) is 29.1 Å². The second-order valence-corrected chi connectivity index (χ2v) is 13.4. The Balaban J connectivity index is 1.60. The number of sulfone groups is 1. The van der Waals surface area contributed by atoms with Crippen LogP contribution in [0.5, 0.6) is 0 Å². The van der Waals surface area contributed by atoms with Crippen LogP contribution in [0.25, 0.3) is 0 Å². The maximum absolute atomic E-state index is 13.4. The standard InChI is InChI=1S/C27H38N4O4S/c1-19(2)17-36(34,35)21-7-5-6-20(16-21)28-25(33)22-8-9-23(30-26(3,4)18-32)29-24(22)31-14-12-27(10-11-27)13-15-31/h5-9,16,19,32H,10-15,17-18H2,1-4H3,(H,28,33)(H,29,30). The summed E-state index contributed by atoms with van der Waals surface area (Å²) in [5, 5.41) is 15.8. The maximum Gasteiger partial charge on any atom is 0.259 e. The number of anilines is 3. The minimum atomic E-state index is -3.44. The molecule has 1 saturated heterocycles. The highest BCUT2D eigenvalue weighted by atomic mass is 32.2. The molecule has 9 heteroatoms. The van der Waals surface area contributed by atoms with Crippen LogP contribution >= 0.6 is 0 Å². The Bertz CT molecular complexity index is 1210. The number of benzene rings is 1. The van der Waals surface area contributed by atoms with Crippen molar-refractivity contribution in [3.63, 3.8) is 0 Å². The molecule has 3 N–H and O–H groups in total. The molecule has 0 atom stereocenters. The van der Waals surface area contributed by atoms with Gasteiger partial charge in [-0.1, -0.05) is 19.9 Å². The molecule has 0 unspecified atom stereocenters. The van der Waals surface area contributed by atoms with Crippen LogP contribution in [0.3, 0.4) is 0 Å². The number of nitrogens with zero attached hydrogens (tertiary/aromatic N) is 2. The van der Waals surface area contributed by atoms with E-state index in [4.69, 9.17) is 4.98 Å². The largest absolute Gasteiger partial charge is 0.394 e. The zero-order chi connectivity index (χ0) is 26.1. The van der Waals surface area contributed by atoms with Gasteiger partial charge in [-0.05, 0) is 81.2 Å². The molecule has 0 bridgehead atoms. The third-order valence-electron chi connectivity index (χ3n) is 7.07. The summed E-state index contributed by atoms with van der Waals surface area (Å²) >= 11 is 0. The smallest absolute Gasteiger partial charge is 0.259 e. The van der Waals surface area contributed by atoms with Gasteiger partial charge in [0.2, 0.25) is 0 Å². The number of pyridine rings is 1. The normalized spacial score (nSPS) is 17.3. The first-order chi connectivity index (χ1) is 16.9. The average Bonchev–Trinajstić information content (AvgIpc) is 3.57. The maximum atomic E-state index is 13.4. The molecular weight excluding hydrogens is 476 g/mol. The number of aromatic nitrogens is 1. The highest BCUT2D eigenvalue weighted by molar-refractivity contribution is 7.91. The van der Waals surface area contributed by atoms with Crippen LogP contribution < -0.4 is 15.5 Å². The van der Waals surface area contributed by atoms with Crippen molar-refractivity contribution in [2.75, 3.05) is 41.0 Å². The summed E-state index contributed by atoms with van der Waals surface area (Å²) in [5.74, 6) is 0.909. The van der Waals surface area contributed by atoms with Gasteiger partial charge in [0.15, 0.2) is 9.84 Å². The summed E-state index contributed by atoms with van der Waals surface area (Å²) in [5.41, 5.74) is 0.783. The fourth-order valence-corrected chi connectivity index (χ4v) is 6.36. The molecule has 1 aliphatic heterocycles. The number of hydrogen-bond donors (Lipinski definition) is 3. The molecule has 2 heterocycles. The lowest BCUT2D eigenvalue weighted by molar-refractivity contribution is 0.102. The van der Waals surface area contributed by atoms with Crippen molar-refractivity contribution in [2.45, 2.75) is 63.8 Å². The average molecular weight is 515 g/mol. The van der Waals surface area contributed by atoms with Crippen LogP contribution in [0.2, 0.25) is 0 Å². The van der Waals surface area contributed by atoms with Gasteiger partial charge in [0.05, 0.1) is 28.4 Å². The number of nitrogens with one attached hydrogen (secondary N) is 2. The molecule has 1 aliphatic carbocycles. The summed E-state index contributed by atoms with van der Waals surface area (Å²) in [4.78, 5) is 20.6. The van der Waals surface area contributed by atoms with E-state index in [0.717, 1.165) is 25.9 Å². The van der Waals surface area contributed by atoms with Crippen molar-refractivity contribution in [2.24, 2.45) is 11.3 Å². The first kappa shape index (κ1) is 26.4. The van der Waals surface area contributed by atoms with Crippen LogP contribution in [0.4, 0.5) is 17.3 Å². The van der Waals surface area contributed by atoms with Gasteiger partial charge in [-0.2, -0.15) is 0 Å². The van der Waals surface area contributed by atoms with Gasteiger partial charge < -0.3 is 20.6 Å². The molecule has 1 aromatic carbocycles. The fourth-order valence-electron chi connectivity index (χ4n) is 4.69. The van der Waals surface area contributed by atoms with Crippen molar-refractivity contribution in [1.82, 2.24) is 4.98 Å². The highest BCUT2D eigenvalue weighted by Crippen LogP contribution is 2.54. The van der Waals surface area contributed by atoms with E-state index in [9.17, 15) is 18.3 Å². The van der Waals surface area contributed by atoms with Crippen molar-refractivity contribution in [3.8, 4) is 0 Å². The van der Waals surface area contributed by atoms with Crippen molar-refractivity contribution in [3.05, 3.63) is 42.0 Å². The van der Waals surface area contributed by atoms with E-state index in [1.165, 1.54) is 18.9 Å². The number of carbonyl (C=O) groups excluding carboxylic acids is 1. The summed E-state index contributed by atoms with van der Waals surface area (Å²) < 4.78 is 25.4. The third kappa shape index (κ3) is 6.18. The topological polar surface area (TPSA) is 112 Å². The van der Waals surface area contributed by atoms with Crippen LogP contribution in [-0.2, 0) is 9.84 Å². The van der Waals surface area contributed by atoms with Gasteiger partial charge in [0.1, 0.15) is 11.6 Å². The lowest BCUT2D eigenvalue weighted by Gasteiger charge is -2.34. The van der Waals surface area contributed by atoms with E-state index in [2.05, 4.69) is 15.5 Å². The number of aliphatic hydroxyl groups excluding tert-OH is 1. The van der Waals surface area contributed by atoms with Gasteiger partial charge in [-0.25, -0.2) is 13.4 Å². The number of rotatable bonds is 9. The molecule has 8 nitrogen and oxygen atoms in total. The van der Waals surface area contributed by atoms with E-state index >= 15 is 0 Å². The Morgan fingerprint density at radius 1 is 1.14 bits per heavy atom. The monoisotopic (exact) mass is 514 g/mol. The SMILES string of the molecule is CC(C)CS(=O)(=O)c1cccc(NC(=O)c2ccc(NC(C)(C)CO)nc2N2CCC3(CC2)CC3)c1. The van der Waals surface area contributed by atoms with E-state index in [1.807, 2.05) is 27.7 Å². The molecule has 2 fully saturated rings. The van der Waals surface area contributed by atoms with E-state index < -0.39 is 15.4 Å². The minimum absolute atomic E-state index is 0.00383. The number of aliphatic hydroxyl groups is 1. The number of amides is 1. The van der Waals surface area contributed by atoms with Crippen LogP contribution in [0, 0.1) is 11.3 Å². The molecule has 2 aliphatic rings. The van der Waals surface area contributed by atoms with Crippen LogP contribution in [0.15, 0.2) is 41.3 Å². The molecular formula is C27H38N4O4S. The number of piperidine rings is 1. The molecule has 1 saturated carbocycles. The minimum Gasteiger partial charge on any atom is -0.394 e. The second-order valence-electron chi connectivity index (χ2n) is 11.4. The Kier molecular flexibility index (Phi) is 7.35. The molecule has 196 valence electrons. The van der Waals surface area contributed by atoms with E-state index in [0.29, 0.717) is 28.3 Å². The summed E-state index contributed by atoms with van der Waals surface area (Å²) in [6.45, 7) is 9.11. The number of carbonyl (C=O) groups is 1. The van der Waals surface area contributed by atoms with Gasteiger partial charge in [-0.3, -0.25) is 4.79 Å². The highest BCUT2D eigenvalue weighted by Gasteiger charge is 2.45. The first-order valence-electron chi connectivity index (χ1n) is 12.7. The summed E-state index contributed by atoms with van der Waals surface area (Å²) in [6.07, 6.45) is 4.74. The molecule has 4 rings (SSSR count). The lowest BCUT2D eigenvalue weighted by Crippen LogP contribution is -2.38. The first-order valence-corrected chi connectivity index (χ1v) is 14.4. The van der Waals surface area contributed by atoms with Crippen molar-refractivity contribution >= 4 is 33.1 Å². The zero-order valence-corrected chi connectivity index (χ0v) is 22.5. The molecule has 1 spiro atoms. The zero-order valence-electron chi connectivity index (χ0n) is 21.7. The molecule has 1 amide bonds. The van der Waals surface area contributed by atoms with Crippen LogP contribution in [0.1, 0.15) is 63.7 Å². The molecule has 0 radical (unpaired) electrons. The van der Waals surface area contributed by atoms with Gasteiger partial charge >= 0.3 is 0 Å². The summed E-state index contributed by atoms with van der Waals surface area (Å²) in [7, 11) is -3.44. The Hall–Kier alpha value is -2.65. The Labute approximate surface area is 214 Å². The summed E-state index contributed by atoms with van der Waals surface area (Å²) in [6, 6.07) is 9.90. The van der Waals surface area contributed by atoms with E-state index in [1.54, 1.807) is 30.3 Å². The fraction of sp³-hybridized carbons (Fsp3) is 0.556. The molecule has 1 aromatic heterocycles. The molecule has 2 aromatic rings. The number of hydrogen-bond acceptors (Lipinski definition) is 7.